The van der Waals surface area contributed by atoms with Gasteiger partial charge in [-0.2, -0.15) is 0 Å². The highest BCUT2D eigenvalue weighted by Crippen LogP contribution is 2.27. The molecule has 0 fully saturated rings. The Morgan fingerprint density at radius 3 is 2.68 bits per heavy atom. The monoisotopic (exact) mass is 368 g/mol. The minimum atomic E-state index is -0.526. The topological polar surface area (TPSA) is 122 Å². The maximum Gasteiger partial charge on any atom is 0.270 e. The number of thioether (sulfide) groups is 1. The fraction of sp³-hybridized carbons (Fsp3) is 0.111. The average molecular weight is 370 g/mol. The summed E-state index contributed by atoms with van der Waals surface area (Å²) in [6.45, 7) is 0. The summed E-state index contributed by atoms with van der Waals surface area (Å²) in [5.41, 5.74) is 5.45. The fourth-order valence-electron chi connectivity index (χ4n) is 1.05. The van der Waals surface area contributed by atoms with Gasteiger partial charge in [-0.3, -0.25) is 20.3 Å². The van der Waals surface area contributed by atoms with Gasteiger partial charge in [-0.05, 0) is 22.0 Å². The van der Waals surface area contributed by atoms with Crippen molar-refractivity contribution in [2.45, 2.75) is 0 Å². The number of carbonyl (C=O) groups is 1. The van der Waals surface area contributed by atoms with Gasteiger partial charge in [0.2, 0.25) is 5.91 Å². The Morgan fingerprint density at radius 1 is 1.58 bits per heavy atom. The van der Waals surface area contributed by atoms with Crippen LogP contribution in [0, 0.1) is 15.5 Å². The maximum absolute atomic E-state index is 11.4. The Bertz CT molecular complexity index is 514. The molecule has 0 heterocycles. The molecule has 7 nitrogen and oxygen atoms in total. The summed E-state index contributed by atoms with van der Waals surface area (Å²) in [4.78, 5) is 21.4. The van der Waals surface area contributed by atoms with Gasteiger partial charge in [0, 0.05) is 16.6 Å². The van der Waals surface area contributed by atoms with Crippen LogP contribution in [0.3, 0.4) is 0 Å². The predicted octanol–water partition coefficient (Wildman–Crippen LogP) is 2.34. The van der Waals surface area contributed by atoms with Crippen molar-refractivity contribution in [2.75, 3.05) is 11.1 Å². The van der Waals surface area contributed by atoms with Crippen molar-refractivity contribution in [3.63, 3.8) is 0 Å². The SMILES string of the molecule is Cl.N=C(N)SCC(=O)Nc1ccc([N+](=O)[O-])cc1Br. The standard InChI is InChI=1S/C9H9BrN4O3S.ClH/c10-6-3-5(14(16)17)1-2-7(6)13-8(15)4-18-9(11)12;/h1-3H,4H2,(H3,11,12)(H,13,15);1H. The summed E-state index contributed by atoms with van der Waals surface area (Å²) in [6, 6.07) is 4.02. The number of non-ortho nitro benzene ring substituents is 1. The Morgan fingerprint density at radius 2 is 2.21 bits per heavy atom. The summed E-state index contributed by atoms with van der Waals surface area (Å²) in [6.07, 6.45) is 0. The highest BCUT2D eigenvalue weighted by Gasteiger charge is 2.11. The summed E-state index contributed by atoms with van der Waals surface area (Å²) in [7, 11) is 0. The molecule has 0 saturated carbocycles. The number of amides is 1. The lowest BCUT2D eigenvalue weighted by Crippen LogP contribution is -2.17. The molecule has 0 spiro atoms. The molecule has 0 aliphatic rings. The van der Waals surface area contributed by atoms with Crippen molar-refractivity contribution in [2.24, 2.45) is 5.73 Å². The van der Waals surface area contributed by atoms with Crippen molar-refractivity contribution in [3.8, 4) is 0 Å². The van der Waals surface area contributed by atoms with Gasteiger partial charge in [-0.1, -0.05) is 11.8 Å². The van der Waals surface area contributed by atoms with Gasteiger partial charge in [0.1, 0.15) is 0 Å². The first-order valence-corrected chi connectivity index (χ1v) is 6.38. The van der Waals surface area contributed by atoms with Gasteiger partial charge < -0.3 is 11.1 Å². The summed E-state index contributed by atoms with van der Waals surface area (Å²) >= 11 is 4.03. The fourth-order valence-corrected chi connectivity index (χ4v) is 1.87. The van der Waals surface area contributed by atoms with E-state index >= 15 is 0 Å². The van der Waals surface area contributed by atoms with Crippen LogP contribution in [0.2, 0.25) is 0 Å². The van der Waals surface area contributed by atoms with E-state index < -0.39 is 4.92 Å². The van der Waals surface area contributed by atoms with Crippen LogP contribution in [0.25, 0.3) is 0 Å². The third-order valence-corrected chi connectivity index (χ3v) is 3.17. The van der Waals surface area contributed by atoms with Crippen LogP contribution in [0.15, 0.2) is 22.7 Å². The van der Waals surface area contributed by atoms with Crippen LogP contribution in [0.4, 0.5) is 11.4 Å². The molecule has 104 valence electrons. The molecular formula is C9H10BrClN4O3S. The zero-order chi connectivity index (χ0) is 13.7. The van der Waals surface area contributed by atoms with E-state index in [9.17, 15) is 14.9 Å². The molecule has 4 N–H and O–H groups in total. The minimum Gasteiger partial charge on any atom is -0.379 e. The lowest BCUT2D eigenvalue weighted by Gasteiger charge is -2.06. The van der Waals surface area contributed by atoms with Gasteiger partial charge in [-0.15, -0.1) is 12.4 Å². The summed E-state index contributed by atoms with van der Waals surface area (Å²) in [5.74, 6) is -0.330. The maximum atomic E-state index is 11.4. The molecule has 0 aliphatic heterocycles. The van der Waals surface area contributed by atoms with E-state index in [1.54, 1.807) is 0 Å². The largest absolute Gasteiger partial charge is 0.379 e. The van der Waals surface area contributed by atoms with Crippen LogP contribution in [-0.2, 0) is 4.79 Å². The number of nitrogens with zero attached hydrogens (tertiary/aromatic N) is 1. The number of anilines is 1. The van der Waals surface area contributed by atoms with E-state index in [0.717, 1.165) is 11.8 Å². The molecule has 0 atom stereocenters. The van der Waals surface area contributed by atoms with Crippen LogP contribution in [0.1, 0.15) is 0 Å². The van der Waals surface area contributed by atoms with E-state index in [2.05, 4.69) is 21.2 Å². The van der Waals surface area contributed by atoms with Gasteiger partial charge >= 0.3 is 0 Å². The second-order valence-corrected chi connectivity index (χ2v) is 4.99. The first-order chi connectivity index (χ1) is 8.40. The highest BCUT2D eigenvalue weighted by molar-refractivity contribution is 9.10. The molecule has 1 amide bonds. The first kappa shape index (κ1) is 17.7. The van der Waals surface area contributed by atoms with E-state index in [1.165, 1.54) is 18.2 Å². The van der Waals surface area contributed by atoms with Gasteiger partial charge in [0.05, 0.1) is 16.4 Å². The number of nitrogens with two attached hydrogens (primary N) is 1. The van der Waals surface area contributed by atoms with Crippen molar-refractivity contribution >= 4 is 62.5 Å². The molecule has 0 bridgehead atoms. The Labute approximate surface area is 127 Å². The number of rotatable bonds is 4. The molecule has 0 aromatic heterocycles. The predicted molar refractivity (Wildman–Crippen MR) is 81.0 cm³/mol. The molecule has 19 heavy (non-hydrogen) atoms. The number of carbonyl (C=O) groups excluding carboxylic acids is 1. The molecular weight excluding hydrogens is 360 g/mol. The smallest absolute Gasteiger partial charge is 0.270 e. The number of hydrogen-bond acceptors (Lipinski definition) is 5. The molecule has 0 saturated heterocycles. The van der Waals surface area contributed by atoms with Gasteiger partial charge in [0.25, 0.3) is 5.69 Å². The number of halogens is 2. The molecule has 0 unspecified atom stereocenters. The third kappa shape index (κ3) is 5.90. The zero-order valence-electron chi connectivity index (χ0n) is 9.38. The van der Waals surface area contributed by atoms with E-state index in [0.29, 0.717) is 10.2 Å². The molecule has 1 rings (SSSR count). The first-order valence-electron chi connectivity index (χ1n) is 4.60. The van der Waals surface area contributed by atoms with Gasteiger partial charge in [0.15, 0.2) is 5.17 Å². The van der Waals surface area contributed by atoms with Crippen molar-refractivity contribution < 1.29 is 9.72 Å². The Balaban J connectivity index is 0.00000324. The van der Waals surface area contributed by atoms with Crippen molar-refractivity contribution in [1.82, 2.24) is 0 Å². The number of amidine groups is 1. The van der Waals surface area contributed by atoms with Crippen LogP contribution in [-0.4, -0.2) is 21.8 Å². The molecule has 10 heteroatoms. The van der Waals surface area contributed by atoms with Crippen LogP contribution >= 0.6 is 40.1 Å². The number of nitrogens with one attached hydrogen (secondary N) is 2. The Hall–Kier alpha value is -1.32. The van der Waals surface area contributed by atoms with Crippen molar-refractivity contribution in [1.29, 1.82) is 5.41 Å². The third-order valence-electron chi connectivity index (χ3n) is 1.80. The molecule has 1 aromatic carbocycles. The minimum absolute atomic E-state index is 0. The number of nitro benzene ring substituents is 1. The van der Waals surface area contributed by atoms with Crippen LogP contribution in [0.5, 0.6) is 0 Å². The molecule has 0 aliphatic carbocycles. The summed E-state index contributed by atoms with van der Waals surface area (Å²) in [5, 5.41) is 19.9. The van der Waals surface area contributed by atoms with Gasteiger partial charge in [-0.25, -0.2) is 0 Å². The number of benzene rings is 1. The summed E-state index contributed by atoms with van der Waals surface area (Å²) < 4.78 is 0.415. The quantitative estimate of drug-likeness (QED) is 0.325. The van der Waals surface area contributed by atoms with Crippen LogP contribution < -0.4 is 11.1 Å². The second-order valence-electron chi connectivity index (χ2n) is 3.12. The molecule has 0 radical (unpaired) electrons. The lowest BCUT2D eigenvalue weighted by atomic mass is 10.3. The van der Waals surface area contributed by atoms with Crippen molar-refractivity contribution in [3.05, 3.63) is 32.8 Å². The van der Waals surface area contributed by atoms with E-state index in [4.69, 9.17) is 11.1 Å². The molecule has 1 aromatic rings. The van der Waals surface area contributed by atoms with E-state index in [1.807, 2.05) is 0 Å². The average Bonchev–Trinajstić information content (AvgIpc) is 2.29. The second kappa shape index (κ2) is 7.97. The van der Waals surface area contributed by atoms with E-state index in [-0.39, 0.29) is 34.9 Å². The zero-order valence-corrected chi connectivity index (χ0v) is 12.6. The number of hydrogen-bond donors (Lipinski definition) is 3. The normalized spacial score (nSPS) is 9.32. The lowest BCUT2D eigenvalue weighted by molar-refractivity contribution is -0.384. The highest BCUT2D eigenvalue weighted by atomic mass is 79.9. The number of nitro groups is 1. The Kier molecular flexibility index (Phi) is 7.42.